The number of carbonyl (C=O) groups is 1. The molecule has 0 aromatic rings. The molecule has 0 bridgehead atoms. The number of hydrogen-bond acceptors (Lipinski definition) is 4. The van der Waals surface area contributed by atoms with Crippen LogP contribution in [0.4, 0.5) is 4.79 Å². The molecule has 0 spiro atoms. The van der Waals surface area contributed by atoms with Crippen molar-refractivity contribution in [3.63, 3.8) is 0 Å². The molecule has 1 atom stereocenters. The van der Waals surface area contributed by atoms with Gasteiger partial charge in [0.15, 0.2) is 0 Å². The van der Waals surface area contributed by atoms with Crippen LogP contribution < -0.4 is 16.0 Å². The highest BCUT2D eigenvalue weighted by molar-refractivity contribution is 5.67. The van der Waals surface area contributed by atoms with E-state index in [-0.39, 0.29) is 6.09 Å². The van der Waals surface area contributed by atoms with Crippen molar-refractivity contribution in [1.29, 1.82) is 0 Å². The standard InChI is InChI=1S/C13H25N3O2/c1-13(2,3)18-12(17)15-8-11(9-4-5-9)16-10-6-14-7-10/h9-11,14,16H,4-8H2,1-3H3,(H,15,17). The van der Waals surface area contributed by atoms with Gasteiger partial charge in [-0.05, 0) is 39.5 Å². The summed E-state index contributed by atoms with van der Waals surface area (Å²) < 4.78 is 5.24. The third-order valence-electron chi connectivity index (χ3n) is 3.29. The Kier molecular flexibility index (Phi) is 4.12. The van der Waals surface area contributed by atoms with Crippen LogP contribution in [0.2, 0.25) is 0 Å². The SMILES string of the molecule is CC(C)(C)OC(=O)NCC(NC1CNC1)C1CC1. The van der Waals surface area contributed by atoms with Gasteiger partial charge in [-0.15, -0.1) is 0 Å². The first kappa shape index (κ1) is 13.6. The van der Waals surface area contributed by atoms with Crippen LogP contribution in [-0.4, -0.2) is 43.4 Å². The van der Waals surface area contributed by atoms with E-state index >= 15 is 0 Å². The maximum Gasteiger partial charge on any atom is 0.407 e. The maximum absolute atomic E-state index is 11.6. The first-order valence-electron chi connectivity index (χ1n) is 6.87. The number of hydrogen-bond donors (Lipinski definition) is 3. The minimum atomic E-state index is -0.426. The molecule has 2 aliphatic rings. The van der Waals surface area contributed by atoms with E-state index in [1.807, 2.05) is 20.8 Å². The van der Waals surface area contributed by atoms with Crippen molar-refractivity contribution in [2.45, 2.75) is 51.3 Å². The van der Waals surface area contributed by atoms with E-state index in [9.17, 15) is 4.79 Å². The van der Waals surface area contributed by atoms with Crippen molar-refractivity contribution in [1.82, 2.24) is 16.0 Å². The van der Waals surface area contributed by atoms with E-state index in [0.29, 0.717) is 18.6 Å². The number of alkyl carbamates (subject to hydrolysis) is 1. The zero-order valence-corrected chi connectivity index (χ0v) is 11.6. The van der Waals surface area contributed by atoms with Crippen molar-refractivity contribution >= 4 is 6.09 Å². The second kappa shape index (κ2) is 5.45. The Bertz CT molecular complexity index is 293. The van der Waals surface area contributed by atoms with Gasteiger partial charge in [-0.25, -0.2) is 4.79 Å². The van der Waals surface area contributed by atoms with Crippen molar-refractivity contribution in [3.05, 3.63) is 0 Å². The van der Waals surface area contributed by atoms with Crippen LogP contribution in [0.1, 0.15) is 33.6 Å². The number of ether oxygens (including phenoxy) is 1. The van der Waals surface area contributed by atoms with E-state index in [1.54, 1.807) is 0 Å². The first-order chi connectivity index (χ1) is 8.44. The van der Waals surface area contributed by atoms with E-state index in [1.165, 1.54) is 12.8 Å². The van der Waals surface area contributed by atoms with Gasteiger partial charge in [0.25, 0.3) is 0 Å². The summed E-state index contributed by atoms with van der Waals surface area (Å²) in [6, 6.07) is 0.959. The molecule has 1 aliphatic heterocycles. The summed E-state index contributed by atoms with van der Waals surface area (Å²) in [6.07, 6.45) is 2.23. The smallest absolute Gasteiger partial charge is 0.407 e. The molecule has 5 heteroatoms. The average molecular weight is 255 g/mol. The van der Waals surface area contributed by atoms with Gasteiger partial charge in [0.05, 0.1) is 0 Å². The summed E-state index contributed by atoms with van der Waals surface area (Å²) in [5, 5.41) is 9.72. The van der Waals surface area contributed by atoms with Crippen LogP contribution in [0.25, 0.3) is 0 Å². The van der Waals surface area contributed by atoms with E-state index in [0.717, 1.165) is 19.0 Å². The highest BCUT2D eigenvalue weighted by Crippen LogP contribution is 2.32. The number of carbonyl (C=O) groups excluding carboxylic acids is 1. The van der Waals surface area contributed by atoms with E-state index in [2.05, 4.69) is 16.0 Å². The third kappa shape index (κ3) is 4.46. The average Bonchev–Trinajstić information content (AvgIpc) is 2.95. The molecule has 1 saturated heterocycles. The lowest BCUT2D eigenvalue weighted by Gasteiger charge is -2.33. The summed E-state index contributed by atoms with van der Waals surface area (Å²) in [5.74, 6) is 0.723. The molecule has 1 aliphatic carbocycles. The lowest BCUT2D eigenvalue weighted by Crippen LogP contribution is -2.60. The molecule has 0 radical (unpaired) electrons. The predicted molar refractivity (Wildman–Crippen MR) is 70.5 cm³/mol. The number of rotatable bonds is 5. The van der Waals surface area contributed by atoms with E-state index < -0.39 is 5.60 Å². The molecule has 3 N–H and O–H groups in total. The molecule has 2 fully saturated rings. The zero-order valence-electron chi connectivity index (χ0n) is 11.6. The molecule has 104 valence electrons. The third-order valence-corrected chi connectivity index (χ3v) is 3.29. The van der Waals surface area contributed by atoms with Gasteiger partial charge >= 0.3 is 6.09 Å². The van der Waals surface area contributed by atoms with Crippen LogP contribution >= 0.6 is 0 Å². The Hall–Kier alpha value is -0.810. The Morgan fingerprint density at radius 2 is 2.06 bits per heavy atom. The molecule has 1 unspecified atom stereocenters. The molecule has 0 aromatic carbocycles. The van der Waals surface area contributed by atoms with Gasteiger partial charge in [-0.3, -0.25) is 0 Å². The minimum absolute atomic E-state index is 0.318. The van der Waals surface area contributed by atoms with Gasteiger partial charge in [0.2, 0.25) is 0 Å². The first-order valence-corrected chi connectivity index (χ1v) is 6.87. The number of amides is 1. The Labute approximate surface area is 109 Å². The number of nitrogens with one attached hydrogen (secondary N) is 3. The van der Waals surface area contributed by atoms with Crippen LogP contribution in [0.5, 0.6) is 0 Å². The van der Waals surface area contributed by atoms with Gasteiger partial charge in [0, 0.05) is 31.7 Å². The molecular weight excluding hydrogens is 230 g/mol. The lowest BCUT2D eigenvalue weighted by molar-refractivity contribution is 0.0519. The molecule has 5 nitrogen and oxygen atoms in total. The molecule has 0 aromatic heterocycles. The van der Waals surface area contributed by atoms with Crippen molar-refractivity contribution in [2.75, 3.05) is 19.6 Å². The monoisotopic (exact) mass is 255 g/mol. The molecule has 1 saturated carbocycles. The normalized spacial score (nSPS) is 22.2. The molecule has 18 heavy (non-hydrogen) atoms. The highest BCUT2D eigenvalue weighted by Gasteiger charge is 2.34. The molecular formula is C13H25N3O2. The predicted octanol–water partition coefficient (Wildman–Crippen LogP) is 0.851. The second-order valence-electron chi connectivity index (χ2n) is 6.35. The fourth-order valence-electron chi connectivity index (χ4n) is 2.08. The molecule has 2 rings (SSSR count). The van der Waals surface area contributed by atoms with Crippen molar-refractivity contribution in [3.8, 4) is 0 Å². The van der Waals surface area contributed by atoms with Gasteiger partial charge < -0.3 is 20.7 Å². The Morgan fingerprint density at radius 1 is 1.39 bits per heavy atom. The zero-order chi connectivity index (χ0) is 13.2. The minimum Gasteiger partial charge on any atom is -0.444 e. The van der Waals surface area contributed by atoms with Crippen LogP contribution in [0, 0.1) is 5.92 Å². The highest BCUT2D eigenvalue weighted by atomic mass is 16.6. The van der Waals surface area contributed by atoms with Gasteiger partial charge in [-0.2, -0.15) is 0 Å². The Balaban J connectivity index is 1.70. The second-order valence-corrected chi connectivity index (χ2v) is 6.35. The summed E-state index contributed by atoms with van der Waals surface area (Å²) in [6.45, 7) is 8.37. The van der Waals surface area contributed by atoms with Crippen LogP contribution in [-0.2, 0) is 4.74 Å². The largest absolute Gasteiger partial charge is 0.444 e. The van der Waals surface area contributed by atoms with E-state index in [4.69, 9.17) is 4.74 Å². The summed E-state index contributed by atoms with van der Waals surface area (Å²) in [4.78, 5) is 11.6. The summed E-state index contributed by atoms with van der Waals surface area (Å²) in [7, 11) is 0. The molecule has 1 heterocycles. The van der Waals surface area contributed by atoms with Crippen LogP contribution in [0.3, 0.4) is 0 Å². The fourth-order valence-corrected chi connectivity index (χ4v) is 2.08. The topological polar surface area (TPSA) is 62.4 Å². The maximum atomic E-state index is 11.6. The molecule has 1 amide bonds. The summed E-state index contributed by atoms with van der Waals surface area (Å²) in [5.41, 5.74) is -0.426. The van der Waals surface area contributed by atoms with Crippen LogP contribution in [0.15, 0.2) is 0 Å². The van der Waals surface area contributed by atoms with Gasteiger partial charge in [0.1, 0.15) is 5.60 Å². The fraction of sp³-hybridized carbons (Fsp3) is 0.923. The summed E-state index contributed by atoms with van der Waals surface area (Å²) >= 11 is 0. The van der Waals surface area contributed by atoms with Crippen molar-refractivity contribution in [2.24, 2.45) is 5.92 Å². The lowest BCUT2D eigenvalue weighted by atomic mass is 10.1. The Morgan fingerprint density at radius 3 is 2.50 bits per heavy atom. The van der Waals surface area contributed by atoms with Crippen molar-refractivity contribution < 1.29 is 9.53 Å². The van der Waals surface area contributed by atoms with Gasteiger partial charge in [-0.1, -0.05) is 0 Å². The quantitative estimate of drug-likeness (QED) is 0.681.